The number of nitro benzene ring substituents is 1. The Bertz CT molecular complexity index is 1340. The van der Waals surface area contributed by atoms with Crippen LogP contribution in [-0.4, -0.2) is 25.4 Å². The number of nitrogens with one attached hydrogen (secondary N) is 1. The van der Waals surface area contributed by atoms with Crippen molar-refractivity contribution in [2.75, 3.05) is 5.32 Å². The number of hydrogen-bond acceptors (Lipinski definition) is 6. The lowest BCUT2D eigenvalue weighted by Crippen LogP contribution is -2.13. The monoisotopic (exact) mass is 398 g/mol. The fourth-order valence-electron chi connectivity index (χ4n) is 3.03. The standard InChI is InChI=1S/C21H14N6O3/c1-13-2-4-14(5-3-13)19-8-9-23-20-17(12-24-26(19)20)21(28)25-18-7-6-16(27(29)30)10-15(18)11-22/h2-10,12H,1H3,(H,25,28). The predicted molar refractivity (Wildman–Crippen MR) is 109 cm³/mol. The van der Waals surface area contributed by atoms with Gasteiger partial charge >= 0.3 is 0 Å². The number of benzene rings is 2. The molecule has 2 heterocycles. The first kappa shape index (κ1) is 18.8. The first-order chi connectivity index (χ1) is 14.5. The molecule has 146 valence electrons. The molecule has 1 amide bonds. The first-order valence-corrected chi connectivity index (χ1v) is 8.87. The molecular weight excluding hydrogens is 384 g/mol. The van der Waals surface area contributed by atoms with Crippen molar-refractivity contribution in [3.63, 3.8) is 0 Å². The number of amides is 1. The minimum absolute atomic E-state index is 0.0117. The van der Waals surface area contributed by atoms with Gasteiger partial charge in [0.25, 0.3) is 11.6 Å². The number of non-ortho nitro benzene ring substituents is 1. The molecule has 0 aliphatic carbocycles. The predicted octanol–water partition coefficient (Wildman–Crippen LogP) is 3.74. The Labute approximate surface area is 170 Å². The average molecular weight is 398 g/mol. The van der Waals surface area contributed by atoms with Crippen LogP contribution in [0.25, 0.3) is 16.9 Å². The van der Waals surface area contributed by atoms with Gasteiger partial charge in [-0.3, -0.25) is 14.9 Å². The van der Waals surface area contributed by atoms with Crippen molar-refractivity contribution >= 4 is 22.9 Å². The highest BCUT2D eigenvalue weighted by Crippen LogP contribution is 2.24. The molecule has 0 saturated heterocycles. The zero-order valence-corrected chi connectivity index (χ0v) is 15.7. The fraction of sp³-hybridized carbons (Fsp3) is 0.0476. The third kappa shape index (κ3) is 3.33. The van der Waals surface area contributed by atoms with E-state index in [2.05, 4.69) is 15.4 Å². The minimum atomic E-state index is -0.603. The summed E-state index contributed by atoms with van der Waals surface area (Å²) in [4.78, 5) is 27.4. The van der Waals surface area contributed by atoms with Crippen LogP contribution in [0.5, 0.6) is 0 Å². The van der Waals surface area contributed by atoms with Crippen molar-refractivity contribution in [1.82, 2.24) is 14.6 Å². The number of aryl methyl sites for hydroxylation is 1. The molecule has 9 nitrogen and oxygen atoms in total. The van der Waals surface area contributed by atoms with E-state index in [0.717, 1.165) is 22.9 Å². The zero-order valence-electron chi connectivity index (χ0n) is 15.7. The number of hydrogen-bond donors (Lipinski definition) is 1. The van der Waals surface area contributed by atoms with Gasteiger partial charge < -0.3 is 5.32 Å². The Kier molecular flexibility index (Phi) is 4.66. The lowest BCUT2D eigenvalue weighted by molar-refractivity contribution is -0.384. The van der Waals surface area contributed by atoms with E-state index in [1.165, 1.54) is 18.3 Å². The number of nitrogens with zero attached hydrogens (tertiary/aromatic N) is 5. The van der Waals surface area contributed by atoms with Gasteiger partial charge in [-0.25, -0.2) is 9.50 Å². The summed E-state index contributed by atoms with van der Waals surface area (Å²) >= 11 is 0. The van der Waals surface area contributed by atoms with Gasteiger partial charge in [-0.15, -0.1) is 0 Å². The van der Waals surface area contributed by atoms with Crippen LogP contribution in [0.3, 0.4) is 0 Å². The largest absolute Gasteiger partial charge is 0.321 e. The summed E-state index contributed by atoms with van der Waals surface area (Å²) in [5.74, 6) is -0.524. The molecule has 0 atom stereocenters. The van der Waals surface area contributed by atoms with E-state index in [-0.39, 0.29) is 22.5 Å². The van der Waals surface area contributed by atoms with E-state index in [9.17, 15) is 20.2 Å². The summed E-state index contributed by atoms with van der Waals surface area (Å²) in [5, 5.41) is 27.1. The Morgan fingerprint density at radius 2 is 1.97 bits per heavy atom. The molecule has 0 saturated carbocycles. The molecule has 30 heavy (non-hydrogen) atoms. The second-order valence-corrected chi connectivity index (χ2v) is 6.54. The van der Waals surface area contributed by atoms with Crippen molar-refractivity contribution in [1.29, 1.82) is 5.26 Å². The van der Waals surface area contributed by atoms with Crippen LogP contribution in [0.15, 0.2) is 60.9 Å². The summed E-state index contributed by atoms with van der Waals surface area (Å²) in [6.45, 7) is 2.00. The highest BCUT2D eigenvalue weighted by Gasteiger charge is 2.18. The van der Waals surface area contributed by atoms with Crippen LogP contribution in [0.2, 0.25) is 0 Å². The van der Waals surface area contributed by atoms with E-state index < -0.39 is 10.8 Å². The summed E-state index contributed by atoms with van der Waals surface area (Å²) in [5.41, 5.74) is 3.31. The maximum Gasteiger partial charge on any atom is 0.270 e. The highest BCUT2D eigenvalue weighted by atomic mass is 16.6. The SMILES string of the molecule is Cc1ccc(-c2ccnc3c(C(=O)Nc4ccc([N+](=O)[O-])cc4C#N)cnn23)cc1. The summed E-state index contributed by atoms with van der Waals surface area (Å²) < 4.78 is 1.57. The summed E-state index contributed by atoms with van der Waals surface area (Å²) in [6.07, 6.45) is 2.99. The van der Waals surface area contributed by atoms with Crippen molar-refractivity contribution in [3.8, 4) is 17.3 Å². The van der Waals surface area contributed by atoms with Crippen LogP contribution in [-0.2, 0) is 0 Å². The number of aromatic nitrogens is 3. The van der Waals surface area contributed by atoms with Gasteiger partial charge in [-0.1, -0.05) is 29.8 Å². The number of nitro groups is 1. The summed E-state index contributed by atoms with van der Waals surface area (Å²) in [7, 11) is 0. The van der Waals surface area contributed by atoms with Gasteiger partial charge in [-0.2, -0.15) is 10.4 Å². The van der Waals surface area contributed by atoms with E-state index in [1.807, 2.05) is 37.3 Å². The van der Waals surface area contributed by atoms with Crippen LogP contribution in [0.1, 0.15) is 21.5 Å². The maximum absolute atomic E-state index is 12.8. The topological polar surface area (TPSA) is 126 Å². The number of rotatable bonds is 4. The average Bonchev–Trinajstić information content (AvgIpc) is 3.19. The first-order valence-electron chi connectivity index (χ1n) is 8.87. The molecule has 0 bridgehead atoms. The van der Waals surface area contributed by atoms with Crippen LogP contribution in [0, 0.1) is 28.4 Å². The van der Waals surface area contributed by atoms with Crippen molar-refractivity contribution in [3.05, 3.63) is 87.7 Å². The second-order valence-electron chi connectivity index (χ2n) is 6.54. The van der Waals surface area contributed by atoms with Crippen molar-refractivity contribution in [2.45, 2.75) is 6.92 Å². The number of fused-ring (bicyclic) bond motifs is 1. The molecule has 2 aromatic carbocycles. The highest BCUT2D eigenvalue weighted by molar-refractivity contribution is 6.08. The molecule has 0 radical (unpaired) electrons. The molecule has 0 unspecified atom stereocenters. The van der Waals surface area contributed by atoms with Gasteiger partial charge in [0.15, 0.2) is 5.65 Å². The Hall–Kier alpha value is -4.58. The smallest absolute Gasteiger partial charge is 0.270 e. The van der Waals surface area contributed by atoms with Crippen LogP contribution >= 0.6 is 0 Å². The number of carbonyl (C=O) groups excluding carboxylic acids is 1. The molecule has 0 aliphatic heterocycles. The zero-order chi connectivity index (χ0) is 21.3. The quantitative estimate of drug-likeness (QED) is 0.412. The molecule has 4 aromatic rings. The molecule has 0 fully saturated rings. The van der Waals surface area contributed by atoms with Gasteiger partial charge in [-0.05, 0) is 19.1 Å². The van der Waals surface area contributed by atoms with E-state index in [0.29, 0.717) is 5.65 Å². The van der Waals surface area contributed by atoms with E-state index in [4.69, 9.17) is 0 Å². The normalized spacial score (nSPS) is 10.5. The number of anilines is 1. The molecule has 4 rings (SSSR count). The number of carbonyl (C=O) groups is 1. The molecular formula is C21H14N6O3. The Morgan fingerprint density at radius 1 is 1.20 bits per heavy atom. The third-order valence-electron chi connectivity index (χ3n) is 4.58. The molecule has 1 N–H and O–H groups in total. The number of nitriles is 1. The van der Waals surface area contributed by atoms with Gasteiger partial charge in [0, 0.05) is 23.9 Å². The van der Waals surface area contributed by atoms with Crippen LogP contribution < -0.4 is 5.32 Å². The summed E-state index contributed by atoms with van der Waals surface area (Å²) in [6, 6.07) is 15.2. The van der Waals surface area contributed by atoms with E-state index in [1.54, 1.807) is 16.8 Å². The fourth-order valence-corrected chi connectivity index (χ4v) is 3.03. The second kappa shape index (κ2) is 7.44. The van der Waals surface area contributed by atoms with E-state index >= 15 is 0 Å². The minimum Gasteiger partial charge on any atom is -0.321 e. The van der Waals surface area contributed by atoms with Gasteiger partial charge in [0.2, 0.25) is 0 Å². The molecule has 9 heteroatoms. The van der Waals surface area contributed by atoms with Gasteiger partial charge in [0.1, 0.15) is 11.6 Å². The lowest BCUT2D eigenvalue weighted by atomic mass is 10.1. The van der Waals surface area contributed by atoms with Crippen LogP contribution in [0.4, 0.5) is 11.4 Å². The van der Waals surface area contributed by atoms with Crippen molar-refractivity contribution in [2.24, 2.45) is 0 Å². The molecule has 0 spiro atoms. The Morgan fingerprint density at radius 3 is 2.67 bits per heavy atom. The third-order valence-corrected chi connectivity index (χ3v) is 4.58. The molecule has 2 aromatic heterocycles. The Balaban J connectivity index is 1.70. The van der Waals surface area contributed by atoms with Crippen molar-refractivity contribution < 1.29 is 9.72 Å². The van der Waals surface area contributed by atoms with Gasteiger partial charge in [0.05, 0.1) is 28.1 Å². The molecule has 0 aliphatic rings. The lowest BCUT2D eigenvalue weighted by Gasteiger charge is -2.07. The maximum atomic E-state index is 12.8.